The topological polar surface area (TPSA) is 90.0 Å². The molecule has 0 saturated carbocycles. The van der Waals surface area contributed by atoms with E-state index in [4.69, 9.17) is 4.74 Å². The van der Waals surface area contributed by atoms with Crippen molar-refractivity contribution in [2.75, 3.05) is 58.1 Å². The Morgan fingerprint density at radius 3 is 2.67 bits per heavy atom. The minimum atomic E-state index is -0.548. The molecule has 1 aliphatic rings. The first-order valence-corrected chi connectivity index (χ1v) is 10.8. The van der Waals surface area contributed by atoms with Crippen LogP contribution in [0.5, 0.6) is 0 Å². The Morgan fingerprint density at radius 2 is 2.00 bits per heavy atom. The number of halogens is 1. The average Bonchev–Trinajstić information content (AvgIpc) is 2.78. The van der Waals surface area contributed by atoms with Gasteiger partial charge in [-0.15, -0.1) is 0 Å². The Hall–Kier alpha value is -3.24. The quantitative estimate of drug-likeness (QED) is 0.695. The molecule has 1 aliphatic heterocycles. The molecule has 2 aromatic rings. The van der Waals surface area contributed by atoms with Crippen LogP contribution in [0.4, 0.5) is 25.4 Å². The van der Waals surface area contributed by atoms with E-state index >= 15 is 4.39 Å². The zero-order valence-corrected chi connectivity index (χ0v) is 19.5. The lowest BCUT2D eigenvalue weighted by atomic mass is 10.1. The Labute approximate surface area is 193 Å². The fourth-order valence-corrected chi connectivity index (χ4v) is 3.77. The Morgan fingerprint density at radius 1 is 1.21 bits per heavy atom. The van der Waals surface area contributed by atoms with Gasteiger partial charge in [-0.1, -0.05) is 12.1 Å². The van der Waals surface area contributed by atoms with Crippen molar-refractivity contribution in [1.82, 2.24) is 19.7 Å². The third kappa shape index (κ3) is 6.39. The van der Waals surface area contributed by atoms with Crippen molar-refractivity contribution in [3.05, 3.63) is 53.6 Å². The molecule has 33 heavy (non-hydrogen) atoms. The number of nitrogens with one attached hydrogen (secondary N) is 2. The standard InChI is InChI=1S/C23H31FN6O3/c1-16-8-9-18(12-25-16)26-22(31)27-20-7-5-6-17(21(20)24)13-29-10-11-30(23(32)28(2)3)19(14-29)15-33-4/h5-9,12,19H,10-11,13-15H2,1-4H3,(H2,26,27,31)/t19-/m0/s1. The summed E-state index contributed by atoms with van der Waals surface area (Å²) in [6.45, 7) is 4.30. The van der Waals surface area contributed by atoms with Crippen LogP contribution in [0.2, 0.25) is 0 Å². The predicted octanol–water partition coefficient (Wildman–Crippen LogP) is 2.99. The smallest absolute Gasteiger partial charge is 0.323 e. The van der Waals surface area contributed by atoms with Crippen molar-refractivity contribution < 1.29 is 18.7 Å². The summed E-state index contributed by atoms with van der Waals surface area (Å²) in [5.74, 6) is -0.482. The number of anilines is 2. The number of ether oxygens (including phenoxy) is 1. The van der Waals surface area contributed by atoms with Crippen molar-refractivity contribution in [3.63, 3.8) is 0 Å². The van der Waals surface area contributed by atoms with E-state index in [2.05, 4.69) is 20.5 Å². The molecule has 3 rings (SSSR count). The minimum absolute atomic E-state index is 0.0659. The van der Waals surface area contributed by atoms with Crippen LogP contribution in [0.3, 0.4) is 0 Å². The van der Waals surface area contributed by atoms with Gasteiger partial charge in [-0.25, -0.2) is 14.0 Å². The van der Waals surface area contributed by atoms with E-state index in [0.717, 1.165) is 5.69 Å². The lowest BCUT2D eigenvalue weighted by molar-refractivity contribution is 0.0348. The van der Waals surface area contributed by atoms with Crippen LogP contribution in [0.15, 0.2) is 36.5 Å². The molecular formula is C23H31FN6O3. The lowest BCUT2D eigenvalue weighted by Crippen LogP contribution is -2.58. The number of rotatable bonds is 6. The highest BCUT2D eigenvalue weighted by Gasteiger charge is 2.31. The molecule has 0 spiro atoms. The first-order valence-electron chi connectivity index (χ1n) is 10.8. The number of hydrogen-bond acceptors (Lipinski definition) is 5. The molecule has 2 heterocycles. The first-order chi connectivity index (χ1) is 15.8. The van der Waals surface area contributed by atoms with Gasteiger partial charge in [0.1, 0.15) is 0 Å². The Kier molecular flexibility index (Phi) is 8.18. The summed E-state index contributed by atoms with van der Waals surface area (Å²) in [6.07, 6.45) is 1.54. The monoisotopic (exact) mass is 458 g/mol. The largest absolute Gasteiger partial charge is 0.382 e. The number of urea groups is 2. The van der Waals surface area contributed by atoms with Crippen LogP contribution < -0.4 is 10.6 Å². The highest BCUT2D eigenvalue weighted by molar-refractivity contribution is 5.99. The number of benzene rings is 1. The maximum atomic E-state index is 15.2. The van der Waals surface area contributed by atoms with Gasteiger partial charge in [0.25, 0.3) is 0 Å². The highest BCUT2D eigenvalue weighted by atomic mass is 19.1. The van der Waals surface area contributed by atoms with Crippen molar-refractivity contribution >= 4 is 23.4 Å². The zero-order chi connectivity index (χ0) is 24.0. The first kappa shape index (κ1) is 24.4. The molecule has 0 aliphatic carbocycles. The number of aryl methyl sites for hydroxylation is 1. The Balaban J connectivity index is 1.64. The van der Waals surface area contributed by atoms with E-state index < -0.39 is 11.8 Å². The molecule has 1 saturated heterocycles. The van der Waals surface area contributed by atoms with Gasteiger partial charge >= 0.3 is 12.1 Å². The number of nitrogens with zero attached hydrogens (tertiary/aromatic N) is 4. The van der Waals surface area contributed by atoms with E-state index in [-0.39, 0.29) is 17.8 Å². The third-order valence-electron chi connectivity index (χ3n) is 5.44. The van der Waals surface area contributed by atoms with Gasteiger partial charge in [0.15, 0.2) is 5.82 Å². The van der Waals surface area contributed by atoms with E-state index in [9.17, 15) is 9.59 Å². The van der Waals surface area contributed by atoms with Gasteiger partial charge in [0, 0.05) is 58.6 Å². The van der Waals surface area contributed by atoms with Crippen LogP contribution >= 0.6 is 0 Å². The second-order valence-corrected chi connectivity index (χ2v) is 8.26. The van der Waals surface area contributed by atoms with Gasteiger partial charge in [-0.05, 0) is 25.1 Å². The molecule has 10 heteroatoms. The summed E-state index contributed by atoms with van der Waals surface area (Å²) in [5, 5.41) is 5.21. The summed E-state index contributed by atoms with van der Waals surface area (Å²) >= 11 is 0. The molecule has 4 amide bonds. The number of piperazine rings is 1. The third-order valence-corrected chi connectivity index (χ3v) is 5.44. The number of amides is 4. The van der Waals surface area contributed by atoms with Gasteiger partial charge in [0.2, 0.25) is 0 Å². The van der Waals surface area contributed by atoms with Gasteiger partial charge in [0.05, 0.1) is 30.2 Å². The predicted molar refractivity (Wildman–Crippen MR) is 125 cm³/mol. The van der Waals surface area contributed by atoms with Crippen molar-refractivity contribution in [1.29, 1.82) is 0 Å². The minimum Gasteiger partial charge on any atom is -0.382 e. The van der Waals surface area contributed by atoms with Crippen LogP contribution in [0, 0.1) is 12.7 Å². The fraction of sp³-hybridized carbons (Fsp3) is 0.435. The van der Waals surface area contributed by atoms with Crippen LogP contribution in [-0.4, -0.2) is 85.2 Å². The maximum Gasteiger partial charge on any atom is 0.323 e. The summed E-state index contributed by atoms with van der Waals surface area (Å²) in [6, 6.07) is 7.69. The summed E-state index contributed by atoms with van der Waals surface area (Å²) in [7, 11) is 5.04. The molecule has 1 atom stereocenters. The second kappa shape index (κ2) is 11.1. The average molecular weight is 459 g/mol. The fourth-order valence-electron chi connectivity index (χ4n) is 3.77. The molecule has 178 valence electrons. The number of aromatic nitrogens is 1. The van der Waals surface area contributed by atoms with E-state index in [1.54, 1.807) is 61.5 Å². The molecular weight excluding hydrogens is 427 g/mol. The molecule has 1 aromatic carbocycles. The summed E-state index contributed by atoms with van der Waals surface area (Å²) in [4.78, 5) is 34.3. The van der Waals surface area contributed by atoms with Crippen LogP contribution in [0.25, 0.3) is 0 Å². The van der Waals surface area contributed by atoms with Crippen molar-refractivity contribution in [3.8, 4) is 0 Å². The molecule has 1 fully saturated rings. The van der Waals surface area contributed by atoms with Crippen LogP contribution in [-0.2, 0) is 11.3 Å². The second-order valence-electron chi connectivity index (χ2n) is 8.26. The molecule has 0 radical (unpaired) electrons. The number of carbonyl (C=O) groups is 2. The maximum absolute atomic E-state index is 15.2. The number of hydrogen-bond donors (Lipinski definition) is 2. The summed E-state index contributed by atoms with van der Waals surface area (Å²) < 4.78 is 20.5. The van der Waals surface area contributed by atoms with E-state index in [0.29, 0.717) is 44.0 Å². The SMILES string of the molecule is COC[C@@H]1CN(Cc2cccc(NC(=O)Nc3ccc(C)nc3)c2F)CCN1C(=O)N(C)C. The van der Waals surface area contributed by atoms with E-state index in [1.165, 1.54) is 6.07 Å². The molecule has 1 aromatic heterocycles. The van der Waals surface area contributed by atoms with Crippen molar-refractivity contribution in [2.45, 2.75) is 19.5 Å². The van der Waals surface area contributed by atoms with Gasteiger partial charge in [-0.2, -0.15) is 0 Å². The summed E-state index contributed by atoms with van der Waals surface area (Å²) in [5.41, 5.74) is 1.91. The number of carbonyl (C=O) groups excluding carboxylic acids is 2. The van der Waals surface area contributed by atoms with Crippen molar-refractivity contribution in [2.24, 2.45) is 0 Å². The molecule has 9 nitrogen and oxygen atoms in total. The number of methoxy groups -OCH3 is 1. The van der Waals surface area contributed by atoms with E-state index in [1.807, 2.05) is 6.92 Å². The highest BCUT2D eigenvalue weighted by Crippen LogP contribution is 2.22. The lowest BCUT2D eigenvalue weighted by Gasteiger charge is -2.42. The molecule has 0 bridgehead atoms. The van der Waals surface area contributed by atoms with Crippen LogP contribution in [0.1, 0.15) is 11.3 Å². The molecule has 0 unspecified atom stereocenters. The molecule has 2 N–H and O–H groups in total. The number of pyridine rings is 1. The van der Waals surface area contributed by atoms with Gasteiger partial charge < -0.3 is 25.2 Å². The zero-order valence-electron chi connectivity index (χ0n) is 19.5. The normalized spacial score (nSPS) is 16.4. The van der Waals surface area contributed by atoms with Gasteiger partial charge in [-0.3, -0.25) is 9.88 Å². The Bertz CT molecular complexity index is 969.